The molecular formula is C19H25NO4. The molecule has 1 N–H and O–H groups in total. The molecule has 1 saturated heterocycles. The lowest BCUT2D eigenvalue weighted by Crippen LogP contribution is -2.41. The monoisotopic (exact) mass is 331 g/mol. The van der Waals surface area contributed by atoms with Crippen molar-refractivity contribution in [3.05, 3.63) is 29.8 Å². The summed E-state index contributed by atoms with van der Waals surface area (Å²) in [7, 11) is 0. The standard InChI is InChI=1S/C19H25NO4/c1-2-14-6-5-7-16(10-14)24-13-15(21)12-20-17(22)11-19(18(20)23)8-3-4-9-19/h5-7,10,15,21H,2-4,8-9,11-13H2,1H3/t15-/m1/s1. The van der Waals surface area contributed by atoms with Gasteiger partial charge in [-0.15, -0.1) is 0 Å². The number of rotatable bonds is 6. The van der Waals surface area contributed by atoms with Crippen LogP contribution in [0.5, 0.6) is 5.75 Å². The second-order valence-corrected chi connectivity index (χ2v) is 6.94. The van der Waals surface area contributed by atoms with Gasteiger partial charge in [0.15, 0.2) is 0 Å². The molecule has 5 nitrogen and oxygen atoms in total. The van der Waals surface area contributed by atoms with E-state index in [0.29, 0.717) is 12.2 Å². The molecule has 5 heteroatoms. The van der Waals surface area contributed by atoms with Crippen LogP contribution in [-0.4, -0.2) is 41.1 Å². The molecule has 2 amide bonds. The second-order valence-electron chi connectivity index (χ2n) is 6.94. The van der Waals surface area contributed by atoms with Crippen molar-refractivity contribution in [2.75, 3.05) is 13.2 Å². The molecule has 24 heavy (non-hydrogen) atoms. The molecule has 1 saturated carbocycles. The number of carbonyl (C=O) groups is 2. The Kier molecular flexibility index (Phi) is 4.90. The summed E-state index contributed by atoms with van der Waals surface area (Å²) in [6.07, 6.45) is 3.95. The van der Waals surface area contributed by atoms with Crippen LogP contribution in [0.2, 0.25) is 0 Å². The SMILES string of the molecule is CCc1cccc(OC[C@H](O)CN2C(=O)CC3(CCCC3)C2=O)c1. The molecule has 0 aromatic heterocycles. The molecule has 1 spiro atoms. The largest absolute Gasteiger partial charge is 0.491 e. The lowest BCUT2D eigenvalue weighted by molar-refractivity contribution is -0.143. The first-order valence-electron chi connectivity index (χ1n) is 8.79. The van der Waals surface area contributed by atoms with Gasteiger partial charge in [0.2, 0.25) is 11.8 Å². The van der Waals surface area contributed by atoms with Gasteiger partial charge in [-0.1, -0.05) is 31.9 Å². The van der Waals surface area contributed by atoms with Gasteiger partial charge in [-0.2, -0.15) is 0 Å². The highest BCUT2D eigenvalue weighted by molar-refractivity contribution is 6.06. The maximum Gasteiger partial charge on any atom is 0.235 e. The Morgan fingerprint density at radius 2 is 2.04 bits per heavy atom. The molecule has 2 aliphatic rings. The maximum absolute atomic E-state index is 12.6. The van der Waals surface area contributed by atoms with E-state index in [9.17, 15) is 14.7 Å². The molecule has 1 aromatic carbocycles. The smallest absolute Gasteiger partial charge is 0.235 e. The van der Waals surface area contributed by atoms with Crippen molar-refractivity contribution in [3.8, 4) is 5.75 Å². The van der Waals surface area contributed by atoms with Crippen LogP contribution in [0.25, 0.3) is 0 Å². The number of amides is 2. The van der Waals surface area contributed by atoms with E-state index >= 15 is 0 Å². The summed E-state index contributed by atoms with van der Waals surface area (Å²) in [4.78, 5) is 26.0. The summed E-state index contributed by atoms with van der Waals surface area (Å²) >= 11 is 0. The number of β-amino-alcohol motifs (C(OH)–C–C–N with tert-alkyl or cyclic N) is 1. The molecule has 1 aromatic rings. The molecule has 2 fully saturated rings. The fourth-order valence-electron chi connectivity index (χ4n) is 3.80. The summed E-state index contributed by atoms with van der Waals surface area (Å²) in [5.74, 6) is 0.436. The van der Waals surface area contributed by atoms with Crippen molar-refractivity contribution >= 4 is 11.8 Å². The van der Waals surface area contributed by atoms with Crippen molar-refractivity contribution in [2.45, 2.75) is 51.6 Å². The van der Waals surface area contributed by atoms with E-state index in [-0.39, 0.29) is 25.0 Å². The number of hydrogen-bond donors (Lipinski definition) is 1. The molecule has 3 rings (SSSR count). The van der Waals surface area contributed by atoms with Crippen LogP contribution in [0.15, 0.2) is 24.3 Å². The van der Waals surface area contributed by atoms with Crippen molar-refractivity contribution in [3.63, 3.8) is 0 Å². The first-order valence-corrected chi connectivity index (χ1v) is 8.79. The number of imide groups is 1. The zero-order valence-electron chi connectivity index (χ0n) is 14.2. The van der Waals surface area contributed by atoms with Crippen LogP contribution in [-0.2, 0) is 16.0 Å². The molecule has 0 bridgehead atoms. The molecule has 0 unspecified atom stereocenters. The lowest BCUT2D eigenvalue weighted by atomic mass is 9.84. The van der Waals surface area contributed by atoms with Crippen molar-refractivity contribution in [2.24, 2.45) is 5.41 Å². The highest BCUT2D eigenvalue weighted by Gasteiger charge is 2.52. The Bertz CT molecular complexity index is 622. The van der Waals surface area contributed by atoms with E-state index in [1.807, 2.05) is 24.3 Å². The van der Waals surface area contributed by atoms with Crippen molar-refractivity contribution in [1.82, 2.24) is 4.90 Å². The van der Waals surface area contributed by atoms with E-state index in [0.717, 1.165) is 37.7 Å². The van der Waals surface area contributed by atoms with Crippen LogP contribution in [0.4, 0.5) is 0 Å². The number of benzene rings is 1. The predicted molar refractivity (Wildman–Crippen MR) is 89.6 cm³/mol. The first kappa shape index (κ1) is 17.0. The highest BCUT2D eigenvalue weighted by atomic mass is 16.5. The Morgan fingerprint density at radius 3 is 2.75 bits per heavy atom. The van der Waals surface area contributed by atoms with Crippen LogP contribution < -0.4 is 4.74 Å². The normalized spacial score (nSPS) is 20.8. The Morgan fingerprint density at radius 1 is 1.29 bits per heavy atom. The maximum atomic E-state index is 12.6. The average molecular weight is 331 g/mol. The number of aliphatic hydroxyl groups is 1. The molecule has 1 atom stereocenters. The van der Waals surface area contributed by atoms with Gasteiger partial charge in [-0.25, -0.2) is 0 Å². The number of aliphatic hydroxyl groups excluding tert-OH is 1. The van der Waals surface area contributed by atoms with Gasteiger partial charge < -0.3 is 9.84 Å². The van der Waals surface area contributed by atoms with Gasteiger partial charge in [0.05, 0.1) is 12.0 Å². The van der Waals surface area contributed by atoms with E-state index in [1.54, 1.807) is 0 Å². The number of nitrogens with zero attached hydrogens (tertiary/aromatic N) is 1. The zero-order chi connectivity index (χ0) is 17.2. The van der Waals surface area contributed by atoms with E-state index in [1.165, 1.54) is 4.90 Å². The Labute approximate surface area is 142 Å². The van der Waals surface area contributed by atoms with E-state index in [2.05, 4.69) is 6.92 Å². The third kappa shape index (κ3) is 3.31. The van der Waals surface area contributed by atoms with Crippen molar-refractivity contribution in [1.29, 1.82) is 0 Å². The van der Waals surface area contributed by atoms with Gasteiger partial charge in [0.25, 0.3) is 0 Å². The number of ether oxygens (including phenoxy) is 1. The van der Waals surface area contributed by atoms with Crippen LogP contribution in [0.1, 0.15) is 44.6 Å². The lowest BCUT2D eigenvalue weighted by Gasteiger charge is -2.23. The minimum absolute atomic E-state index is 0.0207. The Hall–Kier alpha value is -1.88. The summed E-state index contributed by atoms with van der Waals surface area (Å²) < 4.78 is 5.61. The van der Waals surface area contributed by atoms with Gasteiger partial charge in [-0.3, -0.25) is 14.5 Å². The molecule has 1 aliphatic heterocycles. The fourth-order valence-corrected chi connectivity index (χ4v) is 3.80. The minimum atomic E-state index is -0.875. The topological polar surface area (TPSA) is 66.8 Å². The van der Waals surface area contributed by atoms with E-state index < -0.39 is 11.5 Å². The molecule has 1 aliphatic carbocycles. The number of likely N-dealkylation sites (tertiary alicyclic amines) is 1. The van der Waals surface area contributed by atoms with E-state index in [4.69, 9.17) is 4.74 Å². The van der Waals surface area contributed by atoms with Crippen LogP contribution in [0.3, 0.4) is 0 Å². The number of carbonyl (C=O) groups excluding carboxylic acids is 2. The molecule has 0 radical (unpaired) electrons. The second kappa shape index (κ2) is 6.93. The zero-order valence-corrected chi connectivity index (χ0v) is 14.2. The Balaban J connectivity index is 1.55. The third-order valence-electron chi connectivity index (χ3n) is 5.19. The highest BCUT2D eigenvalue weighted by Crippen LogP contribution is 2.46. The first-order chi connectivity index (χ1) is 11.5. The fraction of sp³-hybridized carbons (Fsp3) is 0.579. The molecule has 130 valence electrons. The molecule has 1 heterocycles. The summed E-state index contributed by atoms with van der Waals surface area (Å²) in [5.41, 5.74) is 0.683. The number of hydrogen-bond acceptors (Lipinski definition) is 4. The van der Waals surface area contributed by atoms with Gasteiger partial charge in [0, 0.05) is 6.42 Å². The van der Waals surface area contributed by atoms with Crippen LogP contribution >= 0.6 is 0 Å². The molecular weight excluding hydrogens is 306 g/mol. The summed E-state index contributed by atoms with van der Waals surface area (Å²) in [6.45, 7) is 2.15. The van der Waals surface area contributed by atoms with Crippen LogP contribution in [0, 0.1) is 5.41 Å². The summed E-state index contributed by atoms with van der Waals surface area (Å²) in [6, 6.07) is 7.71. The van der Waals surface area contributed by atoms with Gasteiger partial charge >= 0.3 is 0 Å². The predicted octanol–water partition coefficient (Wildman–Crippen LogP) is 2.31. The van der Waals surface area contributed by atoms with Crippen molar-refractivity contribution < 1.29 is 19.4 Å². The van der Waals surface area contributed by atoms with Gasteiger partial charge in [-0.05, 0) is 37.0 Å². The van der Waals surface area contributed by atoms with Gasteiger partial charge in [0.1, 0.15) is 18.5 Å². The quantitative estimate of drug-likeness (QED) is 0.812. The summed E-state index contributed by atoms with van der Waals surface area (Å²) in [5, 5.41) is 10.2. The average Bonchev–Trinajstić information content (AvgIpc) is 3.14. The third-order valence-corrected chi connectivity index (χ3v) is 5.19. The minimum Gasteiger partial charge on any atom is -0.491 e. The number of aryl methyl sites for hydroxylation is 1.